The maximum absolute atomic E-state index is 12.3. The molecule has 2 aromatic rings. The molecule has 6 nitrogen and oxygen atoms in total. The van der Waals surface area contributed by atoms with E-state index >= 15 is 0 Å². The minimum atomic E-state index is -0.596. The molecule has 2 aromatic carbocycles. The minimum absolute atomic E-state index is 0.349. The van der Waals surface area contributed by atoms with Gasteiger partial charge in [0.05, 0.1) is 13.2 Å². The molecule has 0 bridgehead atoms. The Morgan fingerprint density at radius 1 is 0.903 bits per heavy atom. The number of ether oxygens (including phenoxy) is 3. The lowest BCUT2D eigenvalue weighted by atomic mass is 10.0. The number of hydrogen-bond acceptors (Lipinski definition) is 5. The lowest BCUT2D eigenvalue weighted by Gasteiger charge is -2.14. The van der Waals surface area contributed by atoms with Crippen LogP contribution in [-0.2, 0) is 27.2 Å². The molecule has 0 saturated carbocycles. The molecule has 6 heteroatoms. The van der Waals surface area contributed by atoms with Crippen LogP contribution in [0.3, 0.4) is 0 Å². The number of anilines is 1. The van der Waals surface area contributed by atoms with Crippen molar-refractivity contribution in [2.75, 3.05) is 25.1 Å². The van der Waals surface area contributed by atoms with Crippen LogP contribution in [0.2, 0.25) is 0 Å². The van der Waals surface area contributed by atoms with E-state index in [4.69, 9.17) is 14.2 Å². The Labute approximate surface area is 184 Å². The van der Waals surface area contributed by atoms with Gasteiger partial charge in [0, 0.05) is 11.8 Å². The first-order valence-electron chi connectivity index (χ1n) is 10.7. The van der Waals surface area contributed by atoms with Crippen molar-refractivity contribution in [2.24, 2.45) is 0 Å². The van der Waals surface area contributed by atoms with Gasteiger partial charge in [0.1, 0.15) is 0 Å². The number of para-hydroxylation sites is 1. The number of benzene rings is 2. The van der Waals surface area contributed by atoms with E-state index in [0.717, 1.165) is 35.2 Å². The lowest BCUT2D eigenvalue weighted by Crippen LogP contribution is -2.21. The first kappa shape index (κ1) is 24.0. The summed E-state index contributed by atoms with van der Waals surface area (Å²) in [5, 5.41) is 2.88. The molecule has 0 saturated heterocycles. The predicted molar refractivity (Wildman–Crippen MR) is 123 cm³/mol. The van der Waals surface area contributed by atoms with Crippen molar-refractivity contribution < 1.29 is 23.8 Å². The second-order valence-corrected chi connectivity index (χ2v) is 6.72. The zero-order chi connectivity index (χ0) is 22.6. The molecular weight excluding hydrogens is 394 g/mol. The zero-order valence-corrected chi connectivity index (χ0v) is 18.7. The van der Waals surface area contributed by atoms with Crippen LogP contribution in [0.1, 0.15) is 44.4 Å². The van der Waals surface area contributed by atoms with Gasteiger partial charge in [0.25, 0.3) is 5.91 Å². The van der Waals surface area contributed by atoms with Crippen molar-refractivity contribution in [3.63, 3.8) is 0 Å². The molecule has 0 aromatic heterocycles. The number of hydrogen-bond donors (Lipinski definition) is 1. The number of amides is 1. The average molecular weight is 426 g/mol. The number of esters is 1. The molecule has 0 radical (unpaired) electrons. The van der Waals surface area contributed by atoms with Crippen molar-refractivity contribution in [1.82, 2.24) is 0 Å². The summed E-state index contributed by atoms with van der Waals surface area (Å²) in [4.78, 5) is 24.4. The van der Waals surface area contributed by atoms with Gasteiger partial charge in [0.15, 0.2) is 18.1 Å². The number of rotatable bonds is 11. The van der Waals surface area contributed by atoms with Crippen LogP contribution in [0.5, 0.6) is 11.5 Å². The number of nitrogens with one attached hydrogen (secondary N) is 1. The average Bonchev–Trinajstić information content (AvgIpc) is 2.78. The van der Waals surface area contributed by atoms with Crippen molar-refractivity contribution >= 4 is 23.6 Å². The van der Waals surface area contributed by atoms with Crippen molar-refractivity contribution in [3.05, 3.63) is 59.2 Å². The molecule has 1 N–H and O–H groups in total. The smallest absolute Gasteiger partial charge is 0.331 e. The highest BCUT2D eigenvalue weighted by molar-refractivity contribution is 5.95. The van der Waals surface area contributed by atoms with Crippen molar-refractivity contribution in [1.29, 1.82) is 0 Å². The van der Waals surface area contributed by atoms with Crippen LogP contribution in [0.4, 0.5) is 5.69 Å². The van der Waals surface area contributed by atoms with Gasteiger partial charge >= 0.3 is 5.97 Å². The molecule has 0 unspecified atom stereocenters. The largest absolute Gasteiger partial charge is 0.490 e. The van der Waals surface area contributed by atoms with Gasteiger partial charge in [-0.2, -0.15) is 0 Å². The van der Waals surface area contributed by atoms with Crippen LogP contribution < -0.4 is 14.8 Å². The fourth-order valence-electron chi connectivity index (χ4n) is 3.10. The minimum Gasteiger partial charge on any atom is -0.490 e. The van der Waals surface area contributed by atoms with Crippen molar-refractivity contribution in [2.45, 2.75) is 40.5 Å². The van der Waals surface area contributed by atoms with E-state index in [-0.39, 0.29) is 12.5 Å². The molecule has 2 rings (SSSR count). The first-order valence-corrected chi connectivity index (χ1v) is 10.7. The maximum atomic E-state index is 12.3. The molecule has 31 heavy (non-hydrogen) atoms. The summed E-state index contributed by atoms with van der Waals surface area (Å²) in [6.07, 6.45) is 4.51. The summed E-state index contributed by atoms with van der Waals surface area (Å²) in [6, 6.07) is 11.4. The van der Waals surface area contributed by atoms with E-state index < -0.39 is 5.97 Å². The number of carbonyl (C=O) groups is 2. The molecule has 0 aliphatic carbocycles. The quantitative estimate of drug-likeness (QED) is 0.413. The van der Waals surface area contributed by atoms with Gasteiger partial charge in [-0.15, -0.1) is 0 Å². The Morgan fingerprint density at radius 2 is 1.55 bits per heavy atom. The molecule has 0 aliphatic rings. The summed E-state index contributed by atoms with van der Waals surface area (Å²) in [5.41, 5.74) is 3.68. The van der Waals surface area contributed by atoms with Gasteiger partial charge in [-0.25, -0.2) is 4.79 Å². The van der Waals surface area contributed by atoms with Gasteiger partial charge in [-0.3, -0.25) is 4.79 Å². The van der Waals surface area contributed by atoms with Gasteiger partial charge < -0.3 is 19.5 Å². The molecule has 0 aliphatic heterocycles. The van der Waals surface area contributed by atoms with Crippen LogP contribution in [-0.4, -0.2) is 31.7 Å². The second kappa shape index (κ2) is 12.4. The Kier molecular flexibility index (Phi) is 9.62. The highest BCUT2D eigenvalue weighted by Gasteiger charge is 2.11. The summed E-state index contributed by atoms with van der Waals surface area (Å²) < 4.78 is 16.2. The SMILES string of the molecule is CCOc1ccc(/C=C/C(=O)OCC(=O)Nc2c(CC)cccc2CC)cc1OCC. The Balaban J connectivity index is 1.95. The fourth-order valence-corrected chi connectivity index (χ4v) is 3.10. The molecule has 0 spiro atoms. The van der Waals surface area contributed by atoms with Crippen LogP contribution >= 0.6 is 0 Å². The molecule has 0 fully saturated rings. The topological polar surface area (TPSA) is 73.9 Å². The number of aryl methyl sites for hydroxylation is 2. The molecule has 1 amide bonds. The van der Waals surface area contributed by atoms with Gasteiger partial charge in [-0.1, -0.05) is 38.1 Å². The van der Waals surface area contributed by atoms with E-state index in [1.54, 1.807) is 18.2 Å². The third-order valence-electron chi connectivity index (χ3n) is 4.59. The standard InChI is InChI=1S/C25H31NO5/c1-5-19-10-9-11-20(6-2)25(19)26-23(27)17-31-24(28)15-13-18-12-14-21(29-7-3)22(16-18)30-8-4/h9-16H,5-8,17H2,1-4H3,(H,26,27)/b15-13+. The number of carbonyl (C=O) groups excluding carboxylic acids is 2. The summed E-state index contributed by atoms with van der Waals surface area (Å²) in [6.45, 7) is 8.55. The summed E-state index contributed by atoms with van der Waals surface area (Å²) in [7, 11) is 0. The van der Waals surface area contributed by atoms with Crippen LogP contribution in [0.15, 0.2) is 42.5 Å². The normalized spacial score (nSPS) is 10.7. The highest BCUT2D eigenvalue weighted by atomic mass is 16.5. The third kappa shape index (κ3) is 7.17. The fraction of sp³-hybridized carbons (Fsp3) is 0.360. The molecule has 0 atom stereocenters. The first-order chi connectivity index (χ1) is 15.0. The maximum Gasteiger partial charge on any atom is 0.331 e. The Hall–Kier alpha value is -3.28. The summed E-state index contributed by atoms with van der Waals surface area (Å²) in [5.74, 6) is 0.304. The Morgan fingerprint density at radius 3 is 2.16 bits per heavy atom. The molecular formula is C25H31NO5. The van der Waals surface area contributed by atoms with E-state index in [1.165, 1.54) is 6.08 Å². The van der Waals surface area contributed by atoms with E-state index in [2.05, 4.69) is 5.32 Å². The lowest BCUT2D eigenvalue weighted by molar-refractivity contribution is -0.142. The highest BCUT2D eigenvalue weighted by Crippen LogP contribution is 2.29. The van der Waals surface area contributed by atoms with E-state index in [9.17, 15) is 9.59 Å². The van der Waals surface area contributed by atoms with E-state index in [1.807, 2.05) is 52.0 Å². The predicted octanol–water partition coefficient (Wildman–Crippen LogP) is 4.80. The second-order valence-electron chi connectivity index (χ2n) is 6.72. The monoisotopic (exact) mass is 425 g/mol. The van der Waals surface area contributed by atoms with Gasteiger partial charge in [-0.05, 0) is 61.6 Å². The Bertz CT molecular complexity index is 898. The van der Waals surface area contributed by atoms with E-state index in [0.29, 0.717) is 24.7 Å². The van der Waals surface area contributed by atoms with Gasteiger partial charge in [0.2, 0.25) is 0 Å². The molecule has 0 heterocycles. The van der Waals surface area contributed by atoms with Crippen LogP contribution in [0, 0.1) is 0 Å². The van der Waals surface area contributed by atoms with Crippen LogP contribution in [0.25, 0.3) is 6.08 Å². The molecule has 166 valence electrons. The summed E-state index contributed by atoms with van der Waals surface area (Å²) >= 11 is 0. The van der Waals surface area contributed by atoms with Crippen molar-refractivity contribution in [3.8, 4) is 11.5 Å². The zero-order valence-electron chi connectivity index (χ0n) is 18.7. The third-order valence-corrected chi connectivity index (χ3v) is 4.59.